The molecule has 0 amide bonds. The van der Waals surface area contributed by atoms with Gasteiger partial charge in [-0.3, -0.25) is 9.13 Å². The van der Waals surface area contributed by atoms with E-state index in [1.54, 1.807) is 0 Å². The van der Waals surface area contributed by atoms with E-state index in [-0.39, 0.29) is 5.82 Å². The molecule has 1 heterocycles. The van der Waals surface area contributed by atoms with Crippen LogP contribution in [0.4, 0.5) is 5.82 Å². The second-order valence-corrected chi connectivity index (χ2v) is 6.38. The molecule has 0 aliphatic heterocycles. The van der Waals surface area contributed by atoms with E-state index in [1.807, 2.05) is 5.32 Å². The van der Waals surface area contributed by atoms with Crippen LogP contribution in [0.3, 0.4) is 0 Å². The molecule has 0 aromatic carbocycles. The van der Waals surface area contributed by atoms with E-state index in [4.69, 9.17) is 19.6 Å². The first kappa shape index (κ1) is 12.4. The Morgan fingerprint density at radius 3 is 2.13 bits per heavy atom. The monoisotopic (exact) mass is 258 g/mol. The second-order valence-electron chi connectivity index (χ2n) is 2.58. The van der Waals surface area contributed by atoms with Crippen molar-refractivity contribution in [2.45, 2.75) is 5.52 Å². The average molecular weight is 258 g/mol. The molecule has 0 unspecified atom stereocenters. The summed E-state index contributed by atoms with van der Waals surface area (Å²) >= 11 is 0. The van der Waals surface area contributed by atoms with Crippen LogP contribution >= 0.6 is 15.2 Å². The van der Waals surface area contributed by atoms with Gasteiger partial charge in [0, 0.05) is 6.07 Å². The first-order valence-electron chi connectivity index (χ1n) is 3.48. The van der Waals surface area contributed by atoms with E-state index in [2.05, 4.69) is 9.68 Å². The Hall–Kier alpha value is -0.690. The molecule has 1 aromatic rings. The molecule has 0 radical (unpaired) electrons. The maximum absolute atomic E-state index is 10.8. The summed E-state index contributed by atoms with van der Waals surface area (Å²) in [5.74, 6) is -0.174. The van der Waals surface area contributed by atoms with E-state index in [1.165, 1.54) is 0 Å². The lowest BCUT2D eigenvalue weighted by atomic mass is 10.6. The van der Waals surface area contributed by atoms with Crippen LogP contribution in [0.2, 0.25) is 0 Å². The van der Waals surface area contributed by atoms with Crippen molar-refractivity contribution in [3.63, 3.8) is 0 Å². The molecule has 0 spiro atoms. The smallest absolute Gasteiger partial charge is 0.360 e. The molecular weight excluding hydrogens is 250 g/mol. The lowest BCUT2D eigenvalue weighted by molar-refractivity contribution is 0.343. The van der Waals surface area contributed by atoms with E-state index in [0.717, 1.165) is 12.3 Å². The molecule has 0 saturated heterocycles. The Bertz CT molecular complexity index is 383. The van der Waals surface area contributed by atoms with Gasteiger partial charge in [-0.2, -0.15) is 0 Å². The van der Waals surface area contributed by atoms with Gasteiger partial charge in [0.15, 0.2) is 5.82 Å². The summed E-state index contributed by atoms with van der Waals surface area (Å²) in [6.07, 6.45) is 1.08. The van der Waals surface area contributed by atoms with Crippen LogP contribution in [0.25, 0.3) is 0 Å². The SMILES string of the molecule is O=P(O)(O)C(Nc1ccon1)P(=O)(O)O. The van der Waals surface area contributed by atoms with Crippen molar-refractivity contribution in [1.29, 1.82) is 0 Å². The van der Waals surface area contributed by atoms with Gasteiger partial charge in [-0.25, -0.2) is 0 Å². The molecule has 0 saturated carbocycles. The molecule has 15 heavy (non-hydrogen) atoms. The van der Waals surface area contributed by atoms with Gasteiger partial charge >= 0.3 is 15.2 Å². The van der Waals surface area contributed by atoms with Crippen molar-refractivity contribution < 1.29 is 33.2 Å². The van der Waals surface area contributed by atoms with Gasteiger partial charge in [0.05, 0.1) is 0 Å². The summed E-state index contributed by atoms with van der Waals surface area (Å²) in [6, 6.07) is 1.16. The number of rotatable bonds is 4. The van der Waals surface area contributed by atoms with E-state index in [0.29, 0.717) is 0 Å². The molecule has 11 heteroatoms. The van der Waals surface area contributed by atoms with Gasteiger partial charge in [0.2, 0.25) is 5.52 Å². The number of hydrogen-bond donors (Lipinski definition) is 5. The van der Waals surface area contributed by atoms with Gasteiger partial charge in [-0.05, 0) is 0 Å². The van der Waals surface area contributed by atoms with Crippen molar-refractivity contribution >= 4 is 21.0 Å². The normalized spacial score (nSPS) is 13.1. The first-order chi connectivity index (χ1) is 6.71. The van der Waals surface area contributed by atoms with E-state index < -0.39 is 20.7 Å². The molecule has 0 bridgehead atoms. The van der Waals surface area contributed by atoms with Gasteiger partial charge in [-0.1, -0.05) is 5.16 Å². The predicted molar refractivity (Wildman–Crippen MR) is 48.0 cm³/mol. The Morgan fingerprint density at radius 1 is 1.27 bits per heavy atom. The third-order valence-corrected chi connectivity index (χ3v) is 4.69. The number of nitrogens with one attached hydrogen (secondary N) is 1. The van der Waals surface area contributed by atoms with Crippen molar-refractivity contribution in [3.8, 4) is 0 Å². The summed E-state index contributed by atoms with van der Waals surface area (Å²) in [6.45, 7) is 0. The lowest BCUT2D eigenvalue weighted by Gasteiger charge is -2.19. The minimum Gasteiger partial charge on any atom is -0.363 e. The van der Waals surface area contributed by atoms with Crippen LogP contribution in [0.1, 0.15) is 0 Å². The molecule has 1 rings (SSSR count). The van der Waals surface area contributed by atoms with Crippen molar-refractivity contribution in [1.82, 2.24) is 5.16 Å². The van der Waals surface area contributed by atoms with Gasteiger partial charge in [0.1, 0.15) is 6.26 Å². The number of anilines is 1. The Balaban J connectivity index is 2.95. The summed E-state index contributed by atoms with van der Waals surface area (Å²) in [5, 5.41) is 5.12. The summed E-state index contributed by atoms with van der Waals surface area (Å²) < 4.78 is 25.9. The molecule has 86 valence electrons. The average Bonchev–Trinajstić information content (AvgIpc) is 2.46. The Labute approximate surface area is 83.4 Å². The Morgan fingerprint density at radius 2 is 1.80 bits per heavy atom. The molecule has 9 nitrogen and oxygen atoms in total. The number of aromatic nitrogens is 1. The molecule has 0 aliphatic carbocycles. The number of nitrogens with zero attached hydrogens (tertiary/aromatic N) is 1. The fraction of sp³-hybridized carbons (Fsp3) is 0.250. The molecular formula is C4H8N2O7P2. The van der Waals surface area contributed by atoms with Gasteiger partial charge < -0.3 is 29.4 Å². The lowest BCUT2D eigenvalue weighted by Crippen LogP contribution is -2.19. The van der Waals surface area contributed by atoms with Crippen molar-refractivity contribution in [2.75, 3.05) is 5.32 Å². The first-order valence-corrected chi connectivity index (χ1v) is 6.85. The van der Waals surface area contributed by atoms with Gasteiger partial charge in [0.25, 0.3) is 0 Å². The largest absolute Gasteiger partial charge is 0.363 e. The summed E-state index contributed by atoms with van der Waals surface area (Å²) in [7, 11) is -9.99. The van der Waals surface area contributed by atoms with Crippen molar-refractivity contribution in [2.24, 2.45) is 0 Å². The molecule has 0 aliphatic rings. The van der Waals surface area contributed by atoms with Crippen LogP contribution in [-0.2, 0) is 9.13 Å². The third-order valence-electron chi connectivity index (χ3n) is 1.35. The molecule has 1 aromatic heterocycles. The fourth-order valence-electron chi connectivity index (χ4n) is 0.783. The highest BCUT2D eigenvalue weighted by molar-refractivity contribution is 7.71. The zero-order chi connectivity index (χ0) is 11.7. The van der Waals surface area contributed by atoms with Crippen molar-refractivity contribution in [3.05, 3.63) is 12.3 Å². The minimum atomic E-state index is -4.99. The fourth-order valence-corrected chi connectivity index (χ4v) is 2.95. The maximum atomic E-state index is 10.8. The third kappa shape index (κ3) is 3.42. The topological polar surface area (TPSA) is 153 Å². The van der Waals surface area contributed by atoms with E-state index >= 15 is 0 Å². The van der Waals surface area contributed by atoms with Crippen LogP contribution in [0.5, 0.6) is 0 Å². The predicted octanol–water partition coefficient (Wildman–Crippen LogP) is -0.275. The summed E-state index contributed by atoms with van der Waals surface area (Å²) in [5.41, 5.74) is -2.32. The summed E-state index contributed by atoms with van der Waals surface area (Å²) in [4.78, 5) is 34.8. The highest BCUT2D eigenvalue weighted by Crippen LogP contribution is 2.59. The maximum Gasteiger partial charge on any atom is 0.360 e. The quantitative estimate of drug-likeness (QED) is 0.459. The van der Waals surface area contributed by atoms with E-state index in [9.17, 15) is 9.13 Å². The van der Waals surface area contributed by atoms with Gasteiger partial charge in [-0.15, -0.1) is 0 Å². The van der Waals surface area contributed by atoms with Crippen LogP contribution in [0, 0.1) is 0 Å². The zero-order valence-corrected chi connectivity index (χ0v) is 8.88. The highest BCUT2D eigenvalue weighted by atomic mass is 31.2. The zero-order valence-electron chi connectivity index (χ0n) is 7.09. The minimum absolute atomic E-state index is 0.174. The molecule has 0 atom stereocenters. The van der Waals surface area contributed by atoms with Crippen LogP contribution in [0.15, 0.2) is 16.9 Å². The van der Waals surface area contributed by atoms with Crippen LogP contribution < -0.4 is 5.32 Å². The highest BCUT2D eigenvalue weighted by Gasteiger charge is 2.43. The second kappa shape index (κ2) is 4.05. The Kier molecular flexibility index (Phi) is 3.34. The molecule has 0 fully saturated rings. The number of hydrogen-bond acceptors (Lipinski definition) is 5. The standard InChI is InChI=1S/C4H8N2O7P2/c7-14(8,9)4(15(10,11)12)5-3-1-2-13-6-3/h1-2,4H,(H,5,6)(H2,7,8,9)(H2,10,11,12). The molecule has 5 N–H and O–H groups in total. The van der Waals surface area contributed by atoms with Crippen LogP contribution in [-0.4, -0.2) is 30.3 Å².